The normalized spacial score (nSPS) is 18.1. The second-order valence-corrected chi connectivity index (χ2v) is 5.85. The molecular weight excluding hydrogens is 216 g/mol. The Labute approximate surface area is 102 Å². The van der Waals surface area contributed by atoms with Crippen LogP contribution in [0.3, 0.4) is 0 Å². The molecule has 86 valence electrons. The SMILES string of the molecule is CN(CCc1cccs1)CC1(C#N)CCC1. The van der Waals surface area contributed by atoms with E-state index in [1.807, 2.05) is 11.3 Å². The van der Waals surface area contributed by atoms with Gasteiger partial charge in [-0.25, -0.2) is 0 Å². The van der Waals surface area contributed by atoms with Crippen molar-refractivity contribution < 1.29 is 0 Å². The minimum atomic E-state index is -0.0236. The first kappa shape index (κ1) is 11.6. The summed E-state index contributed by atoms with van der Waals surface area (Å²) in [6, 6.07) is 6.78. The highest BCUT2D eigenvalue weighted by atomic mass is 32.1. The van der Waals surface area contributed by atoms with Gasteiger partial charge in [0.25, 0.3) is 0 Å². The maximum absolute atomic E-state index is 9.16. The standard InChI is InChI=1S/C13H18N2S/c1-15(8-5-12-4-2-9-16-12)11-13(10-14)6-3-7-13/h2,4,9H,3,5-8,11H2,1H3. The van der Waals surface area contributed by atoms with Gasteiger partial charge in [0.15, 0.2) is 0 Å². The van der Waals surface area contributed by atoms with Gasteiger partial charge >= 0.3 is 0 Å². The van der Waals surface area contributed by atoms with Crippen LogP contribution in [0.2, 0.25) is 0 Å². The van der Waals surface area contributed by atoms with E-state index in [-0.39, 0.29) is 5.41 Å². The molecule has 0 amide bonds. The van der Waals surface area contributed by atoms with Crippen molar-refractivity contribution in [2.24, 2.45) is 5.41 Å². The molecule has 0 spiro atoms. The van der Waals surface area contributed by atoms with E-state index in [0.717, 1.165) is 32.4 Å². The van der Waals surface area contributed by atoms with Gasteiger partial charge in [0.2, 0.25) is 0 Å². The lowest BCUT2D eigenvalue weighted by molar-refractivity contribution is 0.139. The first-order chi connectivity index (χ1) is 7.74. The maximum atomic E-state index is 9.16. The third kappa shape index (κ3) is 2.63. The van der Waals surface area contributed by atoms with Crippen molar-refractivity contribution in [2.75, 3.05) is 20.1 Å². The molecule has 1 aromatic rings. The Bertz CT molecular complexity index is 360. The smallest absolute Gasteiger partial charge is 0.0703 e. The molecule has 0 radical (unpaired) electrons. The van der Waals surface area contributed by atoms with E-state index in [9.17, 15) is 0 Å². The molecule has 1 aromatic heterocycles. The van der Waals surface area contributed by atoms with Gasteiger partial charge in [-0.15, -0.1) is 11.3 Å². The van der Waals surface area contributed by atoms with Crippen LogP contribution in [0.1, 0.15) is 24.1 Å². The fourth-order valence-corrected chi connectivity index (χ4v) is 2.96. The second-order valence-electron chi connectivity index (χ2n) is 4.81. The van der Waals surface area contributed by atoms with Crippen LogP contribution < -0.4 is 0 Å². The molecule has 2 nitrogen and oxygen atoms in total. The fraction of sp³-hybridized carbons (Fsp3) is 0.615. The minimum Gasteiger partial charge on any atom is -0.304 e. The quantitative estimate of drug-likeness (QED) is 0.783. The number of likely N-dealkylation sites (N-methyl/N-ethyl adjacent to an activating group) is 1. The van der Waals surface area contributed by atoms with Crippen LogP contribution in [-0.2, 0) is 6.42 Å². The second kappa shape index (κ2) is 4.99. The molecule has 0 N–H and O–H groups in total. The molecule has 2 rings (SSSR count). The van der Waals surface area contributed by atoms with E-state index in [1.165, 1.54) is 11.3 Å². The van der Waals surface area contributed by atoms with E-state index in [0.29, 0.717) is 0 Å². The lowest BCUT2D eigenvalue weighted by atomic mass is 9.69. The van der Waals surface area contributed by atoms with Crippen LogP contribution in [-0.4, -0.2) is 25.0 Å². The van der Waals surface area contributed by atoms with E-state index in [4.69, 9.17) is 5.26 Å². The van der Waals surface area contributed by atoms with Crippen LogP contribution >= 0.6 is 11.3 Å². The third-order valence-corrected chi connectivity index (χ3v) is 4.38. The number of nitriles is 1. The Kier molecular flexibility index (Phi) is 3.63. The molecule has 1 aliphatic carbocycles. The lowest BCUT2D eigenvalue weighted by Crippen LogP contribution is -2.40. The summed E-state index contributed by atoms with van der Waals surface area (Å²) in [6.45, 7) is 2.00. The zero-order valence-corrected chi connectivity index (χ0v) is 10.6. The molecule has 0 aromatic carbocycles. The number of nitrogens with zero attached hydrogens (tertiary/aromatic N) is 2. The van der Waals surface area contributed by atoms with Crippen LogP contribution in [0, 0.1) is 16.7 Å². The summed E-state index contributed by atoms with van der Waals surface area (Å²) in [6.07, 6.45) is 4.52. The van der Waals surface area contributed by atoms with Crippen LogP contribution in [0.15, 0.2) is 17.5 Å². The summed E-state index contributed by atoms with van der Waals surface area (Å²) < 4.78 is 0. The van der Waals surface area contributed by atoms with Gasteiger partial charge < -0.3 is 4.90 Å². The average molecular weight is 234 g/mol. The van der Waals surface area contributed by atoms with Crippen molar-refractivity contribution in [2.45, 2.75) is 25.7 Å². The van der Waals surface area contributed by atoms with Gasteiger partial charge in [0.1, 0.15) is 0 Å². The molecule has 0 unspecified atom stereocenters. The first-order valence-corrected chi connectivity index (χ1v) is 6.74. The molecule has 0 atom stereocenters. The van der Waals surface area contributed by atoms with E-state index < -0.39 is 0 Å². The van der Waals surface area contributed by atoms with Gasteiger partial charge in [-0.3, -0.25) is 0 Å². The summed E-state index contributed by atoms with van der Waals surface area (Å²) >= 11 is 1.82. The molecule has 0 bridgehead atoms. The maximum Gasteiger partial charge on any atom is 0.0703 e. The summed E-state index contributed by atoms with van der Waals surface area (Å²) in [5.41, 5.74) is -0.0236. The van der Waals surface area contributed by atoms with Crippen molar-refractivity contribution >= 4 is 11.3 Å². The highest BCUT2D eigenvalue weighted by molar-refractivity contribution is 7.09. The molecule has 16 heavy (non-hydrogen) atoms. The molecular formula is C13H18N2S. The molecule has 3 heteroatoms. The topological polar surface area (TPSA) is 27.0 Å². The number of thiophene rings is 1. The fourth-order valence-electron chi connectivity index (χ4n) is 2.26. The molecule has 1 saturated carbocycles. The predicted molar refractivity (Wildman–Crippen MR) is 67.4 cm³/mol. The Balaban J connectivity index is 1.76. The molecule has 0 aliphatic heterocycles. The average Bonchev–Trinajstić information content (AvgIpc) is 2.73. The van der Waals surface area contributed by atoms with Gasteiger partial charge in [0, 0.05) is 18.0 Å². The summed E-state index contributed by atoms with van der Waals surface area (Å²) in [5.74, 6) is 0. The van der Waals surface area contributed by atoms with Gasteiger partial charge in [-0.1, -0.05) is 12.5 Å². The summed E-state index contributed by atoms with van der Waals surface area (Å²) in [7, 11) is 2.13. The van der Waals surface area contributed by atoms with Crippen molar-refractivity contribution in [1.29, 1.82) is 5.26 Å². The van der Waals surface area contributed by atoms with Crippen molar-refractivity contribution in [3.8, 4) is 6.07 Å². The number of hydrogen-bond donors (Lipinski definition) is 0. The minimum absolute atomic E-state index is 0.0236. The van der Waals surface area contributed by atoms with Crippen molar-refractivity contribution in [3.63, 3.8) is 0 Å². The van der Waals surface area contributed by atoms with Gasteiger partial charge in [-0.2, -0.15) is 5.26 Å². The number of rotatable bonds is 5. The Hall–Kier alpha value is -0.850. The van der Waals surface area contributed by atoms with Crippen LogP contribution in [0.25, 0.3) is 0 Å². The van der Waals surface area contributed by atoms with Crippen LogP contribution in [0.5, 0.6) is 0 Å². The zero-order chi connectivity index (χ0) is 11.4. The lowest BCUT2D eigenvalue weighted by Gasteiger charge is -2.38. The van der Waals surface area contributed by atoms with Gasteiger partial charge in [0.05, 0.1) is 11.5 Å². The van der Waals surface area contributed by atoms with E-state index in [2.05, 4.69) is 35.5 Å². The molecule has 1 aliphatic rings. The monoisotopic (exact) mass is 234 g/mol. The Morgan fingerprint density at radius 2 is 2.38 bits per heavy atom. The Morgan fingerprint density at radius 1 is 1.56 bits per heavy atom. The van der Waals surface area contributed by atoms with E-state index in [1.54, 1.807) is 0 Å². The highest BCUT2D eigenvalue weighted by Gasteiger charge is 2.37. The molecule has 1 fully saturated rings. The molecule has 0 saturated heterocycles. The first-order valence-electron chi connectivity index (χ1n) is 5.86. The zero-order valence-electron chi connectivity index (χ0n) is 9.78. The van der Waals surface area contributed by atoms with E-state index >= 15 is 0 Å². The Morgan fingerprint density at radius 3 is 2.88 bits per heavy atom. The summed E-state index contributed by atoms with van der Waals surface area (Å²) in [4.78, 5) is 3.74. The van der Waals surface area contributed by atoms with Crippen molar-refractivity contribution in [3.05, 3.63) is 22.4 Å². The largest absolute Gasteiger partial charge is 0.304 e. The summed E-state index contributed by atoms with van der Waals surface area (Å²) in [5, 5.41) is 11.3. The van der Waals surface area contributed by atoms with Crippen molar-refractivity contribution in [1.82, 2.24) is 4.90 Å². The van der Waals surface area contributed by atoms with Gasteiger partial charge in [-0.05, 0) is 37.8 Å². The molecule has 1 heterocycles. The predicted octanol–water partition coefficient (Wildman–Crippen LogP) is 2.92. The number of hydrogen-bond acceptors (Lipinski definition) is 3. The third-order valence-electron chi connectivity index (χ3n) is 3.44. The highest BCUT2D eigenvalue weighted by Crippen LogP contribution is 2.40. The van der Waals surface area contributed by atoms with Crippen LogP contribution in [0.4, 0.5) is 0 Å².